The molecule has 0 aliphatic carbocycles. The summed E-state index contributed by atoms with van der Waals surface area (Å²) >= 11 is 3.31. The summed E-state index contributed by atoms with van der Waals surface area (Å²) in [6.07, 6.45) is 0. The van der Waals surface area contributed by atoms with Crippen LogP contribution in [0, 0.1) is 6.92 Å². The van der Waals surface area contributed by atoms with Gasteiger partial charge in [0, 0.05) is 4.47 Å². The summed E-state index contributed by atoms with van der Waals surface area (Å²) in [7, 11) is 0. The van der Waals surface area contributed by atoms with Gasteiger partial charge in [-0.05, 0) is 30.7 Å². The maximum Gasteiger partial charge on any atom is 0.335 e. The third kappa shape index (κ3) is 2.16. The molecule has 0 radical (unpaired) electrons. The van der Waals surface area contributed by atoms with Gasteiger partial charge in [-0.2, -0.15) is 0 Å². The van der Waals surface area contributed by atoms with Crippen molar-refractivity contribution in [2.75, 3.05) is 0 Å². The van der Waals surface area contributed by atoms with E-state index in [9.17, 15) is 14.7 Å². The molecule has 17 heavy (non-hydrogen) atoms. The molecule has 0 fully saturated rings. The van der Waals surface area contributed by atoms with Gasteiger partial charge in [-0.15, -0.1) is 0 Å². The molecule has 0 aliphatic heterocycles. The van der Waals surface area contributed by atoms with Gasteiger partial charge in [0.15, 0.2) is 0 Å². The highest BCUT2D eigenvalue weighted by Gasteiger charge is 2.09. The highest BCUT2D eigenvalue weighted by atomic mass is 79.9. The average molecular weight is 297 g/mol. The fourth-order valence-electron chi connectivity index (χ4n) is 1.59. The number of rotatable bonds is 1. The molecule has 0 amide bonds. The Morgan fingerprint density at radius 3 is 2.59 bits per heavy atom. The number of nitrogens with zero attached hydrogens (tertiary/aromatic N) is 1. The first-order chi connectivity index (χ1) is 7.99. The van der Waals surface area contributed by atoms with E-state index in [1.54, 1.807) is 19.1 Å². The minimum atomic E-state index is -0.666. The minimum Gasteiger partial charge on any atom is -0.494 e. The molecular weight excluding hydrogens is 288 g/mol. The van der Waals surface area contributed by atoms with E-state index in [2.05, 4.69) is 20.9 Å². The smallest absolute Gasteiger partial charge is 0.335 e. The summed E-state index contributed by atoms with van der Waals surface area (Å²) in [4.78, 5) is 24.7. The molecule has 0 unspecified atom stereocenters. The number of halogens is 1. The first-order valence-electron chi connectivity index (χ1n) is 4.81. The molecule has 1 aromatic carbocycles. The zero-order valence-corrected chi connectivity index (χ0v) is 10.5. The van der Waals surface area contributed by atoms with E-state index in [1.807, 2.05) is 6.07 Å². The van der Waals surface area contributed by atoms with Crippen LogP contribution in [-0.2, 0) is 0 Å². The number of aryl methyl sites for hydroxylation is 1. The second-order valence-electron chi connectivity index (χ2n) is 3.56. The van der Waals surface area contributed by atoms with Gasteiger partial charge in [0.25, 0.3) is 5.56 Å². The van der Waals surface area contributed by atoms with Crippen LogP contribution in [0.4, 0.5) is 0 Å². The van der Waals surface area contributed by atoms with Crippen LogP contribution in [0.3, 0.4) is 0 Å². The van der Waals surface area contributed by atoms with Crippen molar-refractivity contribution in [2.45, 2.75) is 6.92 Å². The Bertz CT molecular complexity index is 688. The third-order valence-electron chi connectivity index (χ3n) is 2.32. The molecule has 1 aromatic heterocycles. The molecule has 2 rings (SSSR count). The van der Waals surface area contributed by atoms with Gasteiger partial charge in [0.1, 0.15) is 0 Å². The first-order valence-corrected chi connectivity index (χ1v) is 5.60. The summed E-state index contributed by atoms with van der Waals surface area (Å²) in [6.45, 7) is 1.80. The summed E-state index contributed by atoms with van der Waals surface area (Å²) in [6, 6.07) is 6.20. The van der Waals surface area contributed by atoms with E-state index in [0.717, 1.165) is 20.7 Å². The number of aromatic hydroxyl groups is 1. The monoisotopic (exact) mass is 296 g/mol. The lowest BCUT2D eigenvalue weighted by Gasteiger charge is -2.10. The lowest BCUT2D eigenvalue weighted by atomic mass is 10.2. The van der Waals surface area contributed by atoms with Gasteiger partial charge < -0.3 is 5.11 Å². The molecule has 5 nitrogen and oxygen atoms in total. The number of H-pyrrole nitrogens is 1. The zero-order chi connectivity index (χ0) is 12.6. The number of hydrogen-bond acceptors (Lipinski definition) is 3. The van der Waals surface area contributed by atoms with Crippen LogP contribution < -0.4 is 11.2 Å². The summed E-state index contributed by atoms with van der Waals surface area (Å²) in [5.41, 5.74) is 0.0229. The van der Waals surface area contributed by atoms with Gasteiger partial charge in [-0.3, -0.25) is 9.78 Å². The molecule has 0 atom stereocenters. The van der Waals surface area contributed by atoms with Crippen molar-refractivity contribution in [3.63, 3.8) is 0 Å². The SMILES string of the molecule is Cc1cc(Br)ccc1-n1c(O)cc(=O)[nH]c1=O. The second kappa shape index (κ2) is 4.21. The van der Waals surface area contributed by atoms with Crippen molar-refractivity contribution in [3.05, 3.63) is 55.1 Å². The van der Waals surface area contributed by atoms with Crippen molar-refractivity contribution >= 4 is 15.9 Å². The molecule has 0 saturated heterocycles. The Morgan fingerprint density at radius 1 is 1.29 bits per heavy atom. The van der Waals surface area contributed by atoms with Gasteiger partial charge in [-0.1, -0.05) is 15.9 Å². The molecule has 88 valence electrons. The Kier molecular flexibility index (Phi) is 2.89. The largest absolute Gasteiger partial charge is 0.494 e. The van der Waals surface area contributed by atoms with Gasteiger partial charge in [0.2, 0.25) is 5.88 Å². The second-order valence-corrected chi connectivity index (χ2v) is 4.48. The van der Waals surface area contributed by atoms with Crippen LogP contribution in [0.25, 0.3) is 5.69 Å². The van der Waals surface area contributed by atoms with E-state index < -0.39 is 11.2 Å². The molecule has 0 bridgehead atoms. The zero-order valence-electron chi connectivity index (χ0n) is 8.90. The molecular formula is C11H9BrN2O3. The first kappa shape index (κ1) is 11.7. The highest BCUT2D eigenvalue weighted by molar-refractivity contribution is 9.10. The molecule has 2 N–H and O–H groups in total. The topological polar surface area (TPSA) is 75.1 Å². The minimum absolute atomic E-state index is 0.385. The van der Waals surface area contributed by atoms with Crippen molar-refractivity contribution in [1.29, 1.82) is 0 Å². The summed E-state index contributed by atoms with van der Waals surface area (Å²) in [5.74, 6) is -0.385. The van der Waals surface area contributed by atoms with E-state index in [-0.39, 0.29) is 5.88 Å². The van der Waals surface area contributed by atoms with Crippen LogP contribution in [-0.4, -0.2) is 14.7 Å². The van der Waals surface area contributed by atoms with Crippen LogP contribution in [0.5, 0.6) is 5.88 Å². The van der Waals surface area contributed by atoms with Crippen LogP contribution in [0.1, 0.15) is 5.56 Å². The molecule has 6 heteroatoms. The predicted octanol–water partition coefficient (Wildman–Crippen LogP) is 1.30. The van der Waals surface area contributed by atoms with Gasteiger partial charge in [-0.25, -0.2) is 9.36 Å². The van der Waals surface area contributed by atoms with Crippen molar-refractivity contribution in [1.82, 2.24) is 9.55 Å². The predicted molar refractivity (Wildman–Crippen MR) is 66.8 cm³/mol. The molecule has 0 saturated carbocycles. The van der Waals surface area contributed by atoms with E-state index in [1.165, 1.54) is 0 Å². The van der Waals surface area contributed by atoms with Gasteiger partial charge in [0.05, 0.1) is 11.8 Å². The number of aromatic amines is 1. The normalized spacial score (nSPS) is 10.5. The van der Waals surface area contributed by atoms with E-state index in [0.29, 0.717) is 5.69 Å². The Labute approximate surface area is 104 Å². The standard InChI is InChI=1S/C11H9BrN2O3/c1-6-4-7(12)2-3-8(6)14-10(16)5-9(15)13-11(14)17/h2-5,16H,1H3,(H,13,15,17). The molecule has 2 aromatic rings. The maximum absolute atomic E-state index is 11.6. The van der Waals surface area contributed by atoms with Gasteiger partial charge >= 0.3 is 5.69 Å². The third-order valence-corrected chi connectivity index (χ3v) is 2.82. The molecule has 1 heterocycles. The maximum atomic E-state index is 11.6. The number of benzene rings is 1. The average Bonchev–Trinajstić information content (AvgIpc) is 2.19. The fourth-order valence-corrected chi connectivity index (χ4v) is 2.06. The number of nitrogens with one attached hydrogen (secondary N) is 1. The lowest BCUT2D eigenvalue weighted by molar-refractivity contribution is 0.431. The van der Waals surface area contributed by atoms with Crippen molar-refractivity contribution in [2.24, 2.45) is 0 Å². The number of aromatic nitrogens is 2. The molecule has 0 aliphatic rings. The van der Waals surface area contributed by atoms with Crippen LogP contribution in [0.15, 0.2) is 38.3 Å². The number of hydrogen-bond donors (Lipinski definition) is 2. The van der Waals surface area contributed by atoms with Crippen molar-refractivity contribution < 1.29 is 5.11 Å². The quantitative estimate of drug-likeness (QED) is 0.833. The van der Waals surface area contributed by atoms with Crippen LogP contribution >= 0.6 is 15.9 Å². The fraction of sp³-hybridized carbons (Fsp3) is 0.0909. The summed E-state index contributed by atoms with van der Waals surface area (Å²) in [5, 5.41) is 9.65. The Morgan fingerprint density at radius 2 is 2.00 bits per heavy atom. The van der Waals surface area contributed by atoms with Crippen molar-refractivity contribution in [3.8, 4) is 11.6 Å². The Balaban J connectivity index is 2.77. The van der Waals surface area contributed by atoms with E-state index >= 15 is 0 Å². The highest BCUT2D eigenvalue weighted by Crippen LogP contribution is 2.20. The Hall–Kier alpha value is -1.82. The van der Waals surface area contributed by atoms with Crippen LogP contribution in [0.2, 0.25) is 0 Å². The van der Waals surface area contributed by atoms with E-state index in [4.69, 9.17) is 0 Å². The summed E-state index contributed by atoms with van der Waals surface area (Å²) < 4.78 is 1.92. The lowest BCUT2D eigenvalue weighted by Crippen LogP contribution is -2.28. The molecule has 0 spiro atoms.